The Hall–Kier alpha value is -0.260. The summed E-state index contributed by atoms with van der Waals surface area (Å²) in [6.07, 6.45) is 1.85. The molecule has 0 saturated carbocycles. The van der Waals surface area contributed by atoms with Crippen LogP contribution in [-0.4, -0.2) is 12.7 Å². The summed E-state index contributed by atoms with van der Waals surface area (Å²) in [6.45, 7) is 1.00. The van der Waals surface area contributed by atoms with Gasteiger partial charge in [0, 0.05) is 6.16 Å². The summed E-state index contributed by atoms with van der Waals surface area (Å²) >= 11 is 0. The lowest BCUT2D eigenvalue weighted by Crippen LogP contribution is -1.79. The summed E-state index contributed by atoms with van der Waals surface area (Å²) in [7, 11) is 0.0918. The summed E-state index contributed by atoms with van der Waals surface area (Å²) in [6, 6.07) is 4.27. The van der Waals surface area contributed by atoms with Gasteiger partial charge < -0.3 is 4.74 Å². The molecule has 48 valence electrons. The van der Waals surface area contributed by atoms with Crippen molar-refractivity contribution in [3.05, 3.63) is 23.7 Å². The monoisotopic (exact) mass is 140 g/mol. The van der Waals surface area contributed by atoms with Crippen LogP contribution < -0.4 is 0 Å². The third kappa shape index (κ3) is 1.35. The highest BCUT2D eigenvalue weighted by atomic mass is 31.1. The molecule has 1 aromatic heterocycles. The molecule has 0 spiro atoms. The van der Waals surface area contributed by atoms with Crippen LogP contribution in [-0.2, 0) is 10.9 Å². The summed E-state index contributed by atoms with van der Waals surface area (Å²) in [5.41, 5.74) is 0. The van der Waals surface area contributed by atoms with Crippen molar-refractivity contribution >= 4 is 7.53 Å². The lowest BCUT2D eigenvalue weighted by molar-refractivity contribution is 0.417. The first-order chi connectivity index (χ1) is 4.45. The maximum Gasteiger partial charge on any atom is 0.0882 e. The molecule has 1 aromatic rings. The van der Waals surface area contributed by atoms with Gasteiger partial charge in [0.05, 0.1) is 12.7 Å². The van der Waals surface area contributed by atoms with Gasteiger partial charge in [0.1, 0.15) is 0 Å². The second-order valence-corrected chi connectivity index (χ2v) is 4.33. The predicted octanol–water partition coefficient (Wildman–Crippen LogP) is 2.07. The zero-order valence-electron chi connectivity index (χ0n) is 5.16. The molecule has 2 heterocycles. The Labute approximate surface area is 55.7 Å². The minimum Gasteiger partial charge on any atom is -0.372 e. The summed E-state index contributed by atoms with van der Waals surface area (Å²) in [5, 5.41) is 0. The lowest BCUT2D eigenvalue weighted by atomic mass is 10.6. The van der Waals surface area contributed by atoms with Gasteiger partial charge in [0.2, 0.25) is 0 Å². The van der Waals surface area contributed by atoms with E-state index < -0.39 is 0 Å². The fourth-order valence-corrected chi connectivity index (χ4v) is 2.57. The highest BCUT2D eigenvalue weighted by molar-refractivity contribution is 7.47. The normalized spacial score (nSPS) is 24.2. The molecule has 0 amide bonds. The first-order valence-corrected chi connectivity index (χ1v) is 4.84. The van der Waals surface area contributed by atoms with Crippen LogP contribution in [0.4, 0.5) is 0 Å². The summed E-state index contributed by atoms with van der Waals surface area (Å²) in [5.74, 6) is 4.58. The second kappa shape index (κ2) is 2.17. The Balaban J connectivity index is 1.99. The fraction of sp³-hybridized carbons (Fsp3) is 0.429. The van der Waals surface area contributed by atoms with E-state index in [2.05, 4.69) is 23.7 Å². The van der Waals surface area contributed by atoms with Crippen molar-refractivity contribution in [1.29, 1.82) is 0 Å². The number of ether oxygens (including phenoxy) is 1. The molecule has 1 saturated heterocycles. The van der Waals surface area contributed by atoms with Gasteiger partial charge in [-0.25, -0.2) is 0 Å². The van der Waals surface area contributed by atoms with Gasteiger partial charge in [-0.1, -0.05) is 12.1 Å². The van der Waals surface area contributed by atoms with Crippen LogP contribution in [0.5, 0.6) is 0 Å². The quantitative estimate of drug-likeness (QED) is 0.573. The van der Waals surface area contributed by atoms with E-state index in [0.29, 0.717) is 6.10 Å². The molecule has 1 aliphatic heterocycles. The molecule has 0 aliphatic carbocycles. The van der Waals surface area contributed by atoms with E-state index in [9.17, 15) is 0 Å². The van der Waals surface area contributed by atoms with Crippen molar-refractivity contribution < 1.29 is 4.74 Å². The van der Waals surface area contributed by atoms with Gasteiger partial charge in [-0.05, 0) is 11.6 Å². The maximum atomic E-state index is 5.12. The average molecular weight is 140 g/mol. The van der Waals surface area contributed by atoms with Crippen molar-refractivity contribution in [2.24, 2.45) is 0 Å². The number of hydrogen-bond donors (Lipinski definition) is 0. The Morgan fingerprint density at radius 2 is 2.11 bits per heavy atom. The topological polar surface area (TPSA) is 12.5 Å². The van der Waals surface area contributed by atoms with Crippen molar-refractivity contribution in [3.63, 3.8) is 0 Å². The van der Waals surface area contributed by atoms with Crippen molar-refractivity contribution in [2.45, 2.75) is 12.3 Å². The Morgan fingerprint density at radius 1 is 1.44 bits per heavy atom. The fourth-order valence-electron chi connectivity index (χ4n) is 0.900. The van der Waals surface area contributed by atoms with E-state index in [4.69, 9.17) is 4.74 Å². The molecule has 2 rings (SSSR count). The van der Waals surface area contributed by atoms with E-state index in [0.717, 1.165) is 6.61 Å². The summed E-state index contributed by atoms with van der Waals surface area (Å²) in [4.78, 5) is 0. The van der Waals surface area contributed by atoms with Crippen LogP contribution in [0.3, 0.4) is 0 Å². The molecule has 1 nitrogen and oxygen atoms in total. The molecule has 9 heavy (non-hydrogen) atoms. The van der Waals surface area contributed by atoms with Crippen LogP contribution in [0.15, 0.2) is 23.7 Å². The van der Waals surface area contributed by atoms with E-state index in [1.165, 1.54) is 6.16 Å². The van der Waals surface area contributed by atoms with Crippen molar-refractivity contribution in [2.75, 3.05) is 6.61 Å². The Morgan fingerprint density at radius 3 is 2.67 bits per heavy atom. The third-order valence-electron chi connectivity index (χ3n) is 1.48. The van der Waals surface area contributed by atoms with Gasteiger partial charge in [-0.2, -0.15) is 0 Å². The number of rotatable bonds is 2. The maximum absolute atomic E-state index is 5.12. The molecule has 1 unspecified atom stereocenters. The molecule has 2 heteroatoms. The zero-order chi connectivity index (χ0) is 6.10. The lowest BCUT2D eigenvalue weighted by Gasteiger charge is -1.88. The van der Waals surface area contributed by atoms with Gasteiger partial charge in [0.15, 0.2) is 0 Å². The molecular weight excluding hydrogens is 131 g/mol. The Bertz CT molecular complexity index is 177. The predicted molar refractivity (Wildman–Crippen MR) is 38.9 cm³/mol. The molecule has 0 radical (unpaired) electrons. The van der Waals surface area contributed by atoms with Crippen molar-refractivity contribution in [1.82, 2.24) is 0 Å². The molecular formula is C7H9OP. The number of hydrogen-bond acceptors (Lipinski definition) is 1. The van der Waals surface area contributed by atoms with Crippen LogP contribution in [0.1, 0.15) is 0 Å². The van der Waals surface area contributed by atoms with Gasteiger partial charge >= 0.3 is 0 Å². The van der Waals surface area contributed by atoms with E-state index >= 15 is 0 Å². The molecule has 0 bridgehead atoms. The minimum absolute atomic E-state index is 0.0918. The highest BCUT2D eigenvalue weighted by Gasteiger charge is 2.21. The summed E-state index contributed by atoms with van der Waals surface area (Å²) < 4.78 is 5.12. The van der Waals surface area contributed by atoms with Gasteiger partial charge in [0.25, 0.3) is 0 Å². The van der Waals surface area contributed by atoms with Gasteiger partial charge in [-0.3, -0.25) is 0 Å². The van der Waals surface area contributed by atoms with E-state index in [1.807, 2.05) is 0 Å². The Kier molecular flexibility index (Phi) is 1.33. The highest BCUT2D eigenvalue weighted by Crippen LogP contribution is 2.33. The largest absolute Gasteiger partial charge is 0.372 e. The van der Waals surface area contributed by atoms with Crippen molar-refractivity contribution in [3.8, 4) is 0 Å². The van der Waals surface area contributed by atoms with Gasteiger partial charge in [-0.15, -0.1) is 7.53 Å². The molecule has 0 aromatic carbocycles. The third-order valence-corrected chi connectivity index (χ3v) is 3.42. The van der Waals surface area contributed by atoms with Crippen LogP contribution in [0.25, 0.3) is 0 Å². The second-order valence-electron chi connectivity index (χ2n) is 2.34. The SMILES string of the molecule is c1ccp(CC2CO2)c1. The first-order valence-electron chi connectivity index (χ1n) is 3.17. The van der Waals surface area contributed by atoms with E-state index in [1.54, 1.807) is 0 Å². The van der Waals surface area contributed by atoms with Crippen LogP contribution in [0.2, 0.25) is 0 Å². The zero-order valence-corrected chi connectivity index (χ0v) is 6.05. The molecule has 0 N–H and O–H groups in total. The van der Waals surface area contributed by atoms with Crippen LogP contribution >= 0.6 is 7.53 Å². The molecule has 1 fully saturated rings. The van der Waals surface area contributed by atoms with Crippen LogP contribution in [0, 0.1) is 0 Å². The first kappa shape index (κ1) is 5.52. The average Bonchev–Trinajstić information content (AvgIpc) is 2.46. The van der Waals surface area contributed by atoms with E-state index in [-0.39, 0.29) is 7.53 Å². The molecule has 1 aliphatic rings. The molecule has 1 atom stereocenters. The smallest absolute Gasteiger partial charge is 0.0882 e. The minimum atomic E-state index is 0.0918. The number of epoxide rings is 1. The standard InChI is InChI=1S/C7H9OP/c1-2-4-9(3-1)6-7-5-8-7/h1-4,7H,5-6H2.